The van der Waals surface area contributed by atoms with Crippen LogP contribution in [0.5, 0.6) is 5.75 Å². The molecule has 1 N–H and O–H groups in total. The van der Waals surface area contributed by atoms with Crippen LogP contribution in [-0.4, -0.2) is 31.0 Å². The zero-order valence-electron chi connectivity index (χ0n) is 14.9. The van der Waals surface area contributed by atoms with Gasteiger partial charge < -0.3 is 10.1 Å². The fraction of sp³-hybridized carbons (Fsp3) is 0.381. The van der Waals surface area contributed by atoms with Crippen LogP contribution in [0.3, 0.4) is 0 Å². The van der Waals surface area contributed by atoms with Gasteiger partial charge in [-0.1, -0.05) is 43.3 Å². The number of methoxy groups -OCH3 is 1. The number of ether oxygens (including phenoxy) is 1. The minimum Gasteiger partial charge on any atom is -0.497 e. The third-order valence-corrected chi connectivity index (χ3v) is 4.75. The third-order valence-electron chi connectivity index (χ3n) is 4.75. The first-order chi connectivity index (χ1) is 12.2. The van der Waals surface area contributed by atoms with E-state index in [4.69, 9.17) is 4.74 Å². The Labute approximate surface area is 149 Å². The van der Waals surface area contributed by atoms with E-state index in [0.29, 0.717) is 5.92 Å². The molecule has 2 aromatic carbocycles. The van der Waals surface area contributed by atoms with Gasteiger partial charge in [-0.25, -0.2) is 0 Å². The zero-order chi connectivity index (χ0) is 17.6. The molecule has 1 heterocycles. The van der Waals surface area contributed by atoms with Gasteiger partial charge in [-0.15, -0.1) is 0 Å². The molecule has 0 saturated carbocycles. The molecule has 1 fully saturated rings. The lowest BCUT2D eigenvalue weighted by molar-refractivity contribution is -0.122. The zero-order valence-corrected chi connectivity index (χ0v) is 14.9. The van der Waals surface area contributed by atoms with Gasteiger partial charge in [-0.05, 0) is 43.0 Å². The molecule has 0 unspecified atom stereocenters. The molecule has 1 saturated heterocycles. The number of amides is 1. The van der Waals surface area contributed by atoms with Crippen LogP contribution in [0, 0.1) is 5.92 Å². The summed E-state index contributed by atoms with van der Waals surface area (Å²) in [5.74, 6) is 1.36. The molecular weight excluding hydrogens is 312 g/mol. The Balaban J connectivity index is 1.84. The maximum absolute atomic E-state index is 13.1. The van der Waals surface area contributed by atoms with Gasteiger partial charge in [-0.3, -0.25) is 9.69 Å². The summed E-state index contributed by atoms with van der Waals surface area (Å²) in [7, 11) is 1.63. The highest BCUT2D eigenvalue weighted by Gasteiger charge is 2.30. The molecule has 0 radical (unpaired) electrons. The highest BCUT2D eigenvalue weighted by atomic mass is 16.5. The Morgan fingerprint density at radius 3 is 2.72 bits per heavy atom. The second-order valence-corrected chi connectivity index (χ2v) is 6.78. The molecule has 0 bridgehead atoms. The van der Waals surface area contributed by atoms with Crippen molar-refractivity contribution in [2.24, 2.45) is 5.92 Å². The summed E-state index contributed by atoms with van der Waals surface area (Å²) >= 11 is 0. The fourth-order valence-corrected chi connectivity index (χ4v) is 3.54. The van der Waals surface area contributed by atoms with E-state index in [-0.39, 0.29) is 11.9 Å². The van der Waals surface area contributed by atoms with E-state index in [1.165, 1.54) is 6.42 Å². The van der Waals surface area contributed by atoms with Gasteiger partial charge in [0.05, 0.1) is 7.11 Å². The Bertz CT molecular complexity index is 702. The number of nitrogens with zero attached hydrogens (tertiary/aromatic N) is 1. The van der Waals surface area contributed by atoms with Crippen LogP contribution >= 0.6 is 0 Å². The maximum Gasteiger partial charge on any atom is 0.246 e. The highest BCUT2D eigenvalue weighted by Crippen LogP contribution is 2.28. The van der Waals surface area contributed by atoms with Gasteiger partial charge in [0.2, 0.25) is 5.91 Å². The van der Waals surface area contributed by atoms with Crippen molar-refractivity contribution in [2.75, 3.05) is 25.5 Å². The number of anilines is 1. The molecular formula is C21H26N2O2. The van der Waals surface area contributed by atoms with Crippen LogP contribution in [0.25, 0.3) is 0 Å². The van der Waals surface area contributed by atoms with E-state index >= 15 is 0 Å². The summed E-state index contributed by atoms with van der Waals surface area (Å²) in [6, 6.07) is 17.3. The molecule has 2 aromatic rings. The molecule has 1 aliphatic heterocycles. The number of benzene rings is 2. The second kappa shape index (κ2) is 8.17. The van der Waals surface area contributed by atoms with Crippen LogP contribution in [0.15, 0.2) is 54.6 Å². The Morgan fingerprint density at radius 1 is 1.20 bits per heavy atom. The predicted molar refractivity (Wildman–Crippen MR) is 101 cm³/mol. The number of carbonyl (C=O) groups excluding carboxylic acids is 1. The number of nitrogens with one attached hydrogen (secondary N) is 1. The number of carbonyl (C=O) groups is 1. The van der Waals surface area contributed by atoms with E-state index in [1.807, 2.05) is 54.6 Å². The quantitative estimate of drug-likeness (QED) is 0.892. The number of rotatable bonds is 5. The van der Waals surface area contributed by atoms with Crippen molar-refractivity contribution < 1.29 is 9.53 Å². The summed E-state index contributed by atoms with van der Waals surface area (Å²) in [5.41, 5.74) is 1.80. The van der Waals surface area contributed by atoms with E-state index in [0.717, 1.165) is 36.5 Å². The minimum atomic E-state index is -0.268. The lowest BCUT2D eigenvalue weighted by Gasteiger charge is -2.36. The molecule has 2 atom stereocenters. The average Bonchev–Trinajstić information content (AvgIpc) is 2.63. The minimum absolute atomic E-state index is 0.00792. The van der Waals surface area contributed by atoms with Crippen molar-refractivity contribution in [2.45, 2.75) is 25.8 Å². The summed E-state index contributed by atoms with van der Waals surface area (Å²) in [6.45, 7) is 4.16. The molecule has 0 aliphatic carbocycles. The monoisotopic (exact) mass is 338 g/mol. The molecule has 1 amide bonds. The predicted octanol–water partition coefficient (Wildman–Crippen LogP) is 4.11. The summed E-state index contributed by atoms with van der Waals surface area (Å²) in [6.07, 6.45) is 2.37. The van der Waals surface area contributed by atoms with Crippen molar-refractivity contribution >= 4 is 11.6 Å². The standard InChI is InChI=1S/C21H26N2O2/c1-16-8-7-13-23(15-16)20(17-9-4-3-5-10-17)21(24)22-18-11-6-12-19(14-18)25-2/h3-6,9-12,14,16,20H,7-8,13,15H2,1-2H3,(H,22,24)/t16-,20-/m0/s1. The highest BCUT2D eigenvalue weighted by molar-refractivity contribution is 5.95. The number of hydrogen-bond donors (Lipinski definition) is 1. The van der Waals surface area contributed by atoms with E-state index < -0.39 is 0 Å². The fourth-order valence-electron chi connectivity index (χ4n) is 3.54. The third kappa shape index (κ3) is 4.40. The summed E-state index contributed by atoms with van der Waals surface area (Å²) in [5, 5.41) is 3.07. The van der Waals surface area contributed by atoms with Crippen LogP contribution in [0.2, 0.25) is 0 Å². The molecule has 3 rings (SSSR count). The molecule has 132 valence electrons. The number of likely N-dealkylation sites (tertiary alicyclic amines) is 1. The first-order valence-electron chi connectivity index (χ1n) is 8.91. The lowest BCUT2D eigenvalue weighted by Crippen LogP contribution is -2.42. The van der Waals surface area contributed by atoms with Gasteiger partial charge in [0, 0.05) is 18.3 Å². The van der Waals surface area contributed by atoms with Crippen molar-refractivity contribution in [3.8, 4) is 5.75 Å². The van der Waals surface area contributed by atoms with E-state index in [1.54, 1.807) is 7.11 Å². The van der Waals surface area contributed by atoms with Crippen molar-refractivity contribution in [1.82, 2.24) is 4.90 Å². The number of piperidine rings is 1. The Morgan fingerprint density at radius 2 is 2.00 bits per heavy atom. The van der Waals surface area contributed by atoms with Gasteiger partial charge in [0.1, 0.15) is 11.8 Å². The van der Waals surface area contributed by atoms with E-state index in [2.05, 4.69) is 17.1 Å². The topological polar surface area (TPSA) is 41.6 Å². The Kier molecular flexibility index (Phi) is 5.71. The van der Waals surface area contributed by atoms with Gasteiger partial charge >= 0.3 is 0 Å². The smallest absolute Gasteiger partial charge is 0.246 e. The van der Waals surface area contributed by atoms with Gasteiger partial charge in [0.15, 0.2) is 0 Å². The maximum atomic E-state index is 13.1. The normalized spacial score (nSPS) is 19.2. The van der Waals surface area contributed by atoms with Crippen molar-refractivity contribution in [3.63, 3.8) is 0 Å². The summed E-state index contributed by atoms with van der Waals surface area (Å²) < 4.78 is 5.25. The lowest BCUT2D eigenvalue weighted by atomic mass is 9.95. The molecule has 0 aromatic heterocycles. The molecule has 25 heavy (non-hydrogen) atoms. The largest absolute Gasteiger partial charge is 0.497 e. The average molecular weight is 338 g/mol. The molecule has 4 heteroatoms. The molecule has 4 nitrogen and oxygen atoms in total. The first kappa shape index (κ1) is 17.5. The van der Waals surface area contributed by atoms with Gasteiger partial charge in [-0.2, -0.15) is 0 Å². The SMILES string of the molecule is COc1cccc(NC(=O)[C@H](c2ccccc2)N2CCC[C@H](C)C2)c1. The molecule has 0 spiro atoms. The molecule has 1 aliphatic rings. The van der Waals surface area contributed by atoms with Crippen LogP contribution < -0.4 is 10.1 Å². The van der Waals surface area contributed by atoms with Crippen LogP contribution in [0.4, 0.5) is 5.69 Å². The van der Waals surface area contributed by atoms with Crippen molar-refractivity contribution in [3.05, 3.63) is 60.2 Å². The second-order valence-electron chi connectivity index (χ2n) is 6.78. The first-order valence-corrected chi connectivity index (χ1v) is 8.91. The number of hydrogen-bond acceptors (Lipinski definition) is 3. The Hall–Kier alpha value is -2.33. The van der Waals surface area contributed by atoms with Gasteiger partial charge in [0.25, 0.3) is 0 Å². The van der Waals surface area contributed by atoms with Crippen molar-refractivity contribution in [1.29, 1.82) is 0 Å². The van der Waals surface area contributed by atoms with Crippen LogP contribution in [0.1, 0.15) is 31.4 Å². The van der Waals surface area contributed by atoms with E-state index in [9.17, 15) is 4.79 Å². The summed E-state index contributed by atoms with van der Waals surface area (Å²) in [4.78, 5) is 15.4. The van der Waals surface area contributed by atoms with Crippen LogP contribution in [-0.2, 0) is 4.79 Å².